The highest BCUT2D eigenvalue weighted by Gasteiger charge is 2.32. The highest BCUT2D eigenvalue weighted by atomic mass is 32.2. The number of fused-ring (bicyclic) bond motifs is 2. The Morgan fingerprint density at radius 2 is 1.21 bits per heavy atom. The van der Waals surface area contributed by atoms with Crippen LogP contribution in [0.3, 0.4) is 0 Å². The zero-order chi connectivity index (χ0) is 52.5. The molecule has 0 radical (unpaired) electrons. The second-order valence-electron chi connectivity index (χ2n) is 19.2. The molecular weight excluding hydrogens is 947 g/mol. The van der Waals surface area contributed by atoms with Gasteiger partial charge >= 0.3 is 11.9 Å². The number of hydrogen-bond donors (Lipinski definition) is 2. The Hall–Kier alpha value is -6.63. The molecule has 8 rings (SSSR count). The van der Waals surface area contributed by atoms with Crippen molar-refractivity contribution in [2.75, 3.05) is 13.1 Å². The molecule has 0 aliphatic carbocycles. The number of hydrogen-bond acceptors (Lipinski definition) is 8. The largest absolute Gasteiger partial charge is 0.488 e. The van der Waals surface area contributed by atoms with Gasteiger partial charge in [-0.1, -0.05) is 86.6 Å². The van der Waals surface area contributed by atoms with Gasteiger partial charge in [0, 0.05) is 13.1 Å². The van der Waals surface area contributed by atoms with Crippen LogP contribution in [0.5, 0.6) is 11.5 Å². The number of nitriles is 1. The van der Waals surface area contributed by atoms with Crippen molar-refractivity contribution in [3.8, 4) is 39.8 Å². The molecule has 0 amide bonds. The Balaban J connectivity index is 0.000000228. The lowest BCUT2D eigenvalue weighted by Crippen LogP contribution is -2.36. The Morgan fingerprint density at radius 3 is 1.79 bits per heavy atom. The van der Waals surface area contributed by atoms with Crippen LogP contribution in [-0.4, -0.2) is 67.7 Å². The summed E-state index contributed by atoms with van der Waals surface area (Å²) in [5.74, 6) is -0.779. The zero-order valence-corrected chi connectivity index (χ0v) is 44.2. The molecule has 14 heteroatoms. The summed E-state index contributed by atoms with van der Waals surface area (Å²) >= 11 is 0. The SMILES string of the molecule is CC.Cc1cc(CN(CC(=O)O)S(=O)(=O)c2ccc3c(c2)CCC(C)(C)O3)ccc1-c1cccc(C#N)c1.Cc1ccccc1-c1ccc(CN(CC(=O)O)S(=O)c2ccc3c(c2)CCC(C)(C)O3)cc1C. The van der Waals surface area contributed by atoms with Crippen LogP contribution in [0.1, 0.15) is 98.9 Å². The van der Waals surface area contributed by atoms with Gasteiger partial charge in [-0.2, -0.15) is 9.57 Å². The fourth-order valence-corrected chi connectivity index (χ4v) is 11.5. The first-order chi connectivity index (χ1) is 34.1. The summed E-state index contributed by atoms with van der Waals surface area (Å²) in [6.45, 7) is 17.3. The molecule has 0 saturated heterocycles. The van der Waals surface area contributed by atoms with Crippen LogP contribution in [0, 0.1) is 32.1 Å². The standard InChI is InChI=1S/C28H28N2O5S.C28H31NO4S.C2H6/c1-19-13-21(7-9-25(19)22-6-4-5-20(14-22)16-29)17-30(18-27(31)32)36(33,34)24-8-10-26-23(15-24)11-12-28(2,3)35-26;1-19-7-5-6-8-24(19)25-11-9-21(15-20(25)2)17-29(18-27(30)31)34(32)23-10-12-26-22(16-23)13-14-28(3,4)33-26;1-2/h4-10,13-15H,11-12,17-18H2,1-3H3,(H,31,32);5-12,15-16H,13-14,17-18H2,1-4H3,(H,30,31);1-2H3. The molecule has 72 heavy (non-hydrogen) atoms. The Morgan fingerprint density at radius 1 is 0.653 bits per heavy atom. The summed E-state index contributed by atoms with van der Waals surface area (Å²) in [5.41, 5.74) is 10.7. The van der Waals surface area contributed by atoms with E-state index < -0.39 is 39.5 Å². The normalized spacial score (nSPS) is 14.6. The van der Waals surface area contributed by atoms with Gasteiger partial charge in [0.15, 0.2) is 0 Å². The van der Waals surface area contributed by atoms with Crippen molar-refractivity contribution in [3.05, 3.63) is 166 Å². The summed E-state index contributed by atoms with van der Waals surface area (Å²) in [7, 11) is -5.69. The summed E-state index contributed by atoms with van der Waals surface area (Å²) in [6.07, 6.45) is 3.15. The van der Waals surface area contributed by atoms with Gasteiger partial charge in [0.25, 0.3) is 0 Å². The summed E-state index contributed by atoms with van der Waals surface area (Å²) in [5, 5.41) is 28.1. The molecule has 2 aliphatic rings. The molecule has 0 bridgehead atoms. The first-order valence-corrected chi connectivity index (χ1v) is 26.7. The molecule has 0 fully saturated rings. The molecule has 378 valence electrons. The van der Waals surface area contributed by atoms with Crippen molar-refractivity contribution >= 4 is 32.9 Å². The first kappa shape index (κ1) is 54.7. The second kappa shape index (κ2) is 23.3. The van der Waals surface area contributed by atoms with Gasteiger partial charge in [-0.25, -0.2) is 16.9 Å². The first-order valence-electron chi connectivity index (χ1n) is 24.1. The van der Waals surface area contributed by atoms with Gasteiger partial charge < -0.3 is 19.7 Å². The van der Waals surface area contributed by atoms with E-state index in [1.54, 1.807) is 36.4 Å². The Labute approximate surface area is 427 Å². The van der Waals surface area contributed by atoms with Crippen LogP contribution in [0.15, 0.2) is 131 Å². The number of aryl methyl sites for hydroxylation is 5. The van der Waals surface area contributed by atoms with E-state index in [4.69, 9.17) is 9.47 Å². The quantitative estimate of drug-likeness (QED) is 0.107. The number of rotatable bonds is 14. The maximum Gasteiger partial charge on any atom is 0.318 e. The van der Waals surface area contributed by atoms with E-state index in [1.165, 1.54) is 21.5 Å². The lowest BCUT2D eigenvalue weighted by Gasteiger charge is -2.33. The van der Waals surface area contributed by atoms with Crippen LogP contribution in [0.25, 0.3) is 22.3 Å². The molecule has 1 unspecified atom stereocenters. The van der Waals surface area contributed by atoms with Gasteiger partial charge in [-0.15, -0.1) is 0 Å². The van der Waals surface area contributed by atoms with Crippen molar-refractivity contribution in [1.82, 2.24) is 8.61 Å². The lowest BCUT2D eigenvalue weighted by molar-refractivity contribution is -0.138. The molecule has 2 aliphatic heterocycles. The van der Waals surface area contributed by atoms with E-state index >= 15 is 0 Å². The molecule has 2 heterocycles. The Kier molecular flexibility index (Phi) is 17.7. The maximum absolute atomic E-state index is 13.5. The highest BCUT2D eigenvalue weighted by Crippen LogP contribution is 2.37. The number of carboxylic acid groups (broad SMARTS) is 2. The van der Waals surface area contributed by atoms with E-state index in [0.29, 0.717) is 28.2 Å². The van der Waals surface area contributed by atoms with Crippen molar-refractivity contribution in [1.29, 1.82) is 5.26 Å². The van der Waals surface area contributed by atoms with Gasteiger partial charge in [0.05, 0.1) is 21.4 Å². The summed E-state index contributed by atoms with van der Waals surface area (Å²) in [4.78, 5) is 23.8. The Bertz CT molecular complexity index is 3140. The monoisotopic (exact) mass is 1010 g/mol. The summed E-state index contributed by atoms with van der Waals surface area (Å²) in [6, 6.07) is 39.4. The minimum Gasteiger partial charge on any atom is -0.488 e. The molecule has 0 aromatic heterocycles. The minimum absolute atomic E-state index is 0.0486. The van der Waals surface area contributed by atoms with Crippen LogP contribution in [0.4, 0.5) is 0 Å². The number of ether oxygens (including phenoxy) is 2. The van der Waals surface area contributed by atoms with E-state index in [0.717, 1.165) is 73.8 Å². The fourth-order valence-electron chi connectivity index (χ4n) is 8.85. The predicted molar refractivity (Wildman–Crippen MR) is 283 cm³/mol. The van der Waals surface area contributed by atoms with E-state index in [-0.39, 0.29) is 35.7 Å². The van der Waals surface area contributed by atoms with Crippen molar-refractivity contribution in [2.45, 2.75) is 122 Å². The van der Waals surface area contributed by atoms with Gasteiger partial charge in [-0.05, 0) is 184 Å². The van der Waals surface area contributed by atoms with Crippen LogP contribution < -0.4 is 9.47 Å². The molecule has 2 N–H and O–H groups in total. The summed E-state index contributed by atoms with van der Waals surface area (Å²) < 4.78 is 55.0. The zero-order valence-electron chi connectivity index (χ0n) is 42.6. The van der Waals surface area contributed by atoms with Gasteiger partial charge in [0.2, 0.25) is 10.0 Å². The average molecular weight is 1010 g/mol. The molecule has 6 aromatic rings. The second-order valence-corrected chi connectivity index (χ2v) is 22.6. The topological polar surface area (TPSA) is 175 Å². The van der Waals surface area contributed by atoms with Crippen LogP contribution in [-0.2, 0) is 56.5 Å². The van der Waals surface area contributed by atoms with Crippen molar-refractivity contribution in [3.63, 3.8) is 0 Å². The maximum atomic E-state index is 13.5. The van der Waals surface area contributed by atoms with Crippen LogP contribution in [0.2, 0.25) is 0 Å². The third-order valence-corrected chi connectivity index (χ3v) is 15.7. The van der Waals surface area contributed by atoms with Crippen molar-refractivity contribution < 1.29 is 41.9 Å². The van der Waals surface area contributed by atoms with E-state index in [2.05, 4.69) is 58.0 Å². The number of aliphatic carboxylic acids is 2. The number of sulfonamides is 1. The van der Waals surface area contributed by atoms with Gasteiger partial charge in [0.1, 0.15) is 46.8 Å². The van der Waals surface area contributed by atoms with Gasteiger partial charge in [-0.3, -0.25) is 9.59 Å². The molecule has 6 aromatic carbocycles. The lowest BCUT2D eigenvalue weighted by atomic mass is 9.94. The molecule has 1 atom stereocenters. The highest BCUT2D eigenvalue weighted by molar-refractivity contribution is 7.89. The third-order valence-electron chi connectivity index (χ3n) is 12.6. The predicted octanol–water partition coefficient (Wildman–Crippen LogP) is 11.6. The average Bonchev–Trinajstić information content (AvgIpc) is 3.33. The molecular formula is C58H65N3O9S2. The van der Waals surface area contributed by atoms with Crippen molar-refractivity contribution in [2.24, 2.45) is 0 Å². The van der Waals surface area contributed by atoms with E-state index in [1.807, 2.05) is 89.2 Å². The molecule has 12 nitrogen and oxygen atoms in total. The molecule has 0 saturated carbocycles. The smallest absolute Gasteiger partial charge is 0.318 e. The number of carbonyl (C=O) groups is 2. The number of nitrogens with zero attached hydrogens (tertiary/aromatic N) is 3. The number of carboxylic acids is 2. The number of benzene rings is 6. The third kappa shape index (κ3) is 13.7. The minimum atomic E-state index is -4.08. The molecule has 0 spiro atoms. The van der Waals surface area contributed by atoms with E-state index in [9.17, 15) is 37.7 Å². The fraction of sp³-hybridized carbons (Fsp3) is 0.328. The van der Waals surface area contributed by atoms with Crippen LogP contribution >= 0.6 is 0 Å².